The topological polar surface area (TPSA) is 42.4 Å². The zero-order valence-electron chi connectivity index (χ0n) is 11.4. The Morgan fingerprint density at radius 2 is 2.00 bits per heavy atom. The monoisotopic (exact) mass is 352 g/mol. The number of benzene rings is 1. The summed E-state index contributed by atoms with van der Waals surface area (Å²) in [6.45, 7) is 0.728. The highest BCUT2D eigenvalue weighted by Gasteiger charge is 2.13. The fourth-order valence-corrected chi connectivity index (χ4v) is 2.00. The summed E-state index contributed by atoms with van der Waals surface area (Å²) in [5, 5.41) is 0. The fraction of sp³-hybridized carbons (Fsp3) is 0.200. The second-order valence-electron chi connectivity index (χ2n) is 4.37. The maximum Gasteiger partial charge on any atom is 0.272 e. The first-order chi connectivity index (χ1) is 10.1. The van der Waals surface area contributed by atoms with Crippen molar-refractivity contribution in [3.05, 3.63) is 58.6 Å². The van der Waals surface area contributed by atoms with Crippen LogP contribution in [0.2, 0.25) is 0 Å². The maximum absolute atomic E-state index is 12.7. The Morgan fingerprint density at radius 3 is 2.67 bits per heavy atom. The van der Waals surface area contributed by atoms with Crippen molar-refractivity contribution in [2.24, 2.45) is 0 Å². The normalized spacial score (nSPS) is 10.2. The molecule has 0 aliphatic carbocycles. The Bertz CT molecular complexity index is 619. The van der Waals surface area contributed by atoms with Gasteiger partial charge >= 0.3 is 0 Å². The van der Waals surface area contributed by atoms with Crippen LogP contribution in [0.1, 0.15) is 10.5 Å². The molecule has 0 saturated heterocycles. The van der Waals surface area contributed by atoms with Crippen molar-refractivity contribution in [3.63, 3.8) is 0 Å². The number of hydrogen-bond donors (Lipinski definition) is 0. The van der Waals surface area contributed by atoms with E-state index in [0.29, 0.717) is 29.2 Å². The van der Waals surface area contributed by atoms with Crippen LogP contribution >= 0.6 is 15.9 Å². The highest BCUT2D eigenvalue weighted by Crippen LogP contribution is 2.11. The van der Waals surface area contributed by atoms with E-state index in [0.717, 1.165) is 0 Å². The van der Waals surface area contributed by atoms with E-state index < -0.39 is 0 Å². The van der Waals surface area contributed by atoms with Gasteiger partial charge in [-0.2, -0.15) is 0 Å². The van der Waals surface area contributed by atoms with Crippen molar-refractivity contribution in [1.29, 1.82) is 0 Å². The van der Waals surface area contributed by atoms with Gasteiger partial charge in [0, 0.05) is 7.05 Å². The Balaban J connectivity index is 1.85. The van der Waals surface area contributed by atoms with Gasteiger partial charge in [0.2, 0.25) is 0 Å². The van der Waals surface area contributed by atoms with Crippen molar-refractivity contribution >= 4 is 21.8 Å². The molecule has 0 fully saturated rings. The van der Waals surface area contributed by atoms with Crippen LogP contribution in [0.3, 0.4) is 0 Å². The van der Waals surface area contributed by atoms with Crippen molar-refractivity contribution in [3.8, 4) is 5.75 Å². The van der Waals surface area contributed by atoms with Gasteiger partial charge in [0.1, 0.15) is 28.5 Å². The molecule has 1 heterocycles. The van der Waals surface area contributed by atoms with Crippen LogP contribution in [0.25, 0.3) is 0 Å². The van der Waals surface area contributed by atoms with Crippen molar-refractivity contribution in [1.82, 2.24) is 9.88 Å². The van der Waals surface area contributed by atoms with Gasteiger partial charge in [-0.05, 0) is 52.3 Å². The van der Waals surface area contributed by atoms with Crippen molar-refractivity contribution in [2.75, 3.05) is 20.2 Å². The van der Waals surface area contributed by atoms with Gasteiger partial charge < -0.3 is 9.64 Å². The highest BCUT2D eigenvalue weighted by molar-refractivity contribution is 9.10. The second kappa shape index (κ2) is 7.17. The number of ether oxygens (including phenoxy) is 1. The molecule has 0 spiro atoms. The average molecular weight is 353 g/mol. The molecule has 1 aromatic heterocycles. The van der Waals surface area contributed by atoms with E-state index in [2.05, 4.69) is 20.9 Å². The number of hydrogen-bond acceptors (Lipinski definition) is 3. The lowest BCUT2D eigenvalue weighted by atomic mass is 10.3. The molecule has 2 rings (SSSR count). The third-order valence-corrected chi connectivity index (χ3v) is 3.23. The maximum atomic E-state index is 12.7. The van der Waals surface area contributed by atoms with Gasteiger partial charge in [0.25, 0.3) is 5.91 Å². The summed E-state index contributed by atoms with van der Waals surface area (Å²) in [5.41, 5.74) is 0.369. The summed E-state index contributed by atoms with van der Waals surface area (Å²) >= 11 is 3.23. The van der Waals surface area contributed by atoms with Crippen molar-refractivity contribution in [2.45, 2.75) is 0 Å². The van der Waals surface area contributed by atoms with Gasteiger partial charge in [-0.1, -0.05) is 6.07 Å². The molecular weight excluding hydrogens is 339 g/mol. The number of aromatic nitrogens is 1. The van der Waals surface area contributed by atoms with Gasteiger partial charge in [-0.15, -0.1) is 0 Å². The predicted octanol–water partition coefficient (Wildman–Crippen LogP) is 3.13. The summed E-state index contributed by atoms with van der Waals surface area (Å²) in [6, 6.07) is 10.9. The van der Waals surface area contributed by atoms with Crippen LogP contribution in [0.15, 0.2) is 47.1 Å². The van der Waals surface area contributed by atoms with Crippen LogP contribution in [-0.4, -0.2) is 36.0 Å². The Labute approximate surface area is 130 Å². The molecule has 0 N–H and O–H groups in total. The number of pyridine rings is 1. The van der Waals surface area contributed by atoms with Crippen LogP contribution in [0.5, 0.6) is 5.75 Å². The molecule has 1 amide bonds. The number of carbonyl (C=O) groups is 1. The number of rotatable bonds is 5. The molecule has 2 aromatic rings. The first-order valence-corrected chi connectivity index (χ1v) is 7.12. The second-order valence-corrected chi connectivity index (χ2v) is 5.19. The van der Waals surface area contributed by atoms with Crippen LogP contribution in [-0.2, 0) is 0 Å². The van der Waals surface area contributed by atoms with Gasteiger partial charge in [-0.25, -0.2) is 9.37 Å². The van der Waals surface area contributed by atoms with Crippen LogP contribution < -0.4 is 4.74 Å². The molecule has 0 radical (unpaired) electrons. The molecule has 0 saturated carbocycles. The zero-order valence-corrected chi connectivity index (χ0v) is 13.0. The molecule has 21 heavy (non-hydrogen) atoms. The molecule has 110 valence electrons. The summed E-state index contributed by atoms with van der Waals surface area (Å²) in [6.07, 6.45) is 0. The summed E-state index contributed by atoms with van der Waals surface area (Å²) in [7, 11) is 1.68. The lowest BCUT2D eigenvalue weighted by Gasteiger charge is -2.17. The third kappa shape index (κ3) is 4.53. The van der Waals surface area contributed by atoms with E-state index in [1.165, 1.54) is 17.0 Å². The fourth-order valence-electron chi connectivity index (χ4n) is 1.66. The smallest absolute Gasteiger partial charge is 0.272 e. The zero-order chi connectivity index (χ0) is 15.2. The van der Waals surface area contributed by atoms with E-state index in [9.17, 15) is 9.18 Å². The van der Waals surface area contributed by atoms with E-state index >= 15 is 0 Å². The SMILES string of the molecule is CN(CCOc1ccc(F)cc1)C(=O)c1cccc(Br)n1. The molecule has 0 aliphatic heterocycles. The van der Waals surface area contributed by atoms with E-state index in [1.54, 1.807) is 37.4 Å². The molecule has 0 unspecified atom stereocenters. The van der Waals surface area contributed by atoms with Gasteiger partial charge in [0.15, 0.2) is 0 Å². The molecule has 0 atom stereocenters. The van der Waals surface area contributed by atoms with Crippen molar-refractivity contribution < 1.29 is 13.9 Å². The van der Waals surface area contributed by atoms with Crippen LogP contribution in [0.4, 0.5) is 4.39 Å². The predicted molar refractivity (Wildman–Crippen MR) is 80.8 cm³/mol. The number of amides is 1. The Hall–Kier alpha value is -1.95. The van der Waals surface area contributed by atoms with Crippen LogP contribution in [0, 0.1) is 5.82 Å². The number of likely N-dealkylation sites (N-methyl/N-ethyl adjacent to an activating group) is 1. The van der Waals surface area contributed by atoms with E-state index in [4.69, 9.17) is 4.74 Å². The first-order valence-electron chi connectivity index (χ1n) is 6.32. The molecule has 1 aromatic carbocycles. The molecule has 0 bridgehead atoms. The quantitative estimate of drug-likeness (QED) is 0.776. The first kappa shape index (κ1) is 15.4. The summed E-state index contributed by atoms with van der Waals surface area (Å²) in [4.78, 5) is 17.8. The number of halogens is 2. The van der Waals surface area contributed by atoms with E-state index in [1.807, 2.05) is 0 Å². The minimum atomic E-state index is -0.310. The lowest BCUT2D eigenvalue weighted by Crippen LogP contribution is -2.31. The molecule has 4 nitrogen and oxygen atoms in total. The number of nitrogens with zero attached hydrogens (tertiary/aromatic N) is 2. The minimum Gasteiger partial charge on any atom is -0.492 e. The summed E-state index contributed by atoms with van der Waals surface area (Å²) < 4.78 is 18.8. The van der Waals surface area contributed by atoms with Gasteiger partial charge in [-0.3, -0.25) is 4.79 Å². The average Bonchev–Trinajstić information content (AvgIpc) is 2.48. The lowest BCUT2D eigenvalue weighted by molar-refractivity contribution is 0.0768. The Morgan fingerprint density at radius 1 is 1.29 bits per heavy atom. The number of carbonyl (C=O) groups excluding carboxylic acids is 1. The highest BCUT2D eigenvalue weighted by atomic mass is 79.9. The largest absolute Gasteiger partial charge is 0.492 e. The molecule has 6 heteroatoms. The molecule has 0 aliphatic rings. The standard InChI is InChI=1S/C15H14BrFN2O2/c1-19(15(20)13-3-2-4-14(16)18-13)9-10-21-12-7-5-11(17)6-8-12/h2-8H,9-10H2,1H3. The minimum absolute atomic E-state index is 0.181. The van der Waals surface area contributed by atoms with Gasteiger partial charge in [0.05, 0.1) is 6.54 Å². The van der Waals surface area contributed by atoms with E-state index in [-0.39, 0.29) is 11.7 Å². The molecular formula is C15H14BrFN2O2. The third-order valence-electron chi connectivity index (χ3n) is 2.79. The summed E-state index contributed by atoms with van der Waals surface area (Å²) in [5.74, 6) is 0.0761. The Kier molecular flexibility index (Phi) is 5.27.